The molecule has 5 heteroatoms. The van der Waals surface area contributed by atoms with Crippen molar-refractivity contribution in [2.45, 2.75) is 51.6 Å². The highest BCUT2D eigenvalue weighted by molar-refractivity contribution is 7.80. The number of thiocarbonyl (C=S) groups is 1. The summed E-state index contributed by atoms with van der Waals surface area (Å²) in [6, 6.07) is 13.5. The first-order valence-electron chi connectivity index (χ1n) is 10.4. The molecule has 0 radical (unpaired) electrons. The highest BCUT2D eigenvalue weighted by Gasteiger charge is 2.45. The minimum absolute atomic E-state index is 0.0348. The molecule has 0 aromatic heterocycles. The topological polar surface area (TPSA) is 33.7 Å². The van der Waals surface area contributed by atoms with Gasteiger partial charge in [-0.1, -0.05) is 25.1 Å². The second-order valence-corrected chi connectivity index (χ2v) is 9.87. The van der Waals surface area contributed by atoms with Gasteiger partial charge in [-0.3, -0.25) is 0 Å². The van der Waals surface area contributed by atoms with Gasteiger partial charge >= 0.3 is 0 Å². The van der Waals surface area contributed by atoms with Crippen LogP contribution >= 0.6 is 12.2 Å². The van der Waals surface area contributed by atoms with Crippen LogP contribution in [0.25, 0.3) is 11.1 Å². The summed E-state index contributed by atoms with van der Waals surface area (Å²) in [7, 11) is 0. The van der Waals surface area contributed by atoms with Gasteiger partial charge in [0.2, 0.25) is 6.79 Å². The molecule has 1 saturated heterocycles. The van der Waals surface area contributed by atoms with E-state index in [1.54, 1.807) is 0 Å². The number of hydrogen-bond donors (Lipinski definition) is 1. The highest BCUT2D eigenvalue weighted by Crippen LogP contribution is 2.53. The number of nitrogens with zero attached hydrogens (tertiary/aromatic N) is 1. The molecule has 29 heavy (non-hydrogen) atoms. The molecule has 1 aliphatic carbocycles. The van der Waals surface area contributed by atoms with Crippen LogP contribution in [0.1, 0.15) is 57.2 Å². The van der Waals surface area contributed by atoms with E-state index < -0.39 is 0 Å². The van der Waals surface area contributed by atoms with E-state index >= 15 is 0 Å². The predicted molar refractivity (Wildman–Crippen MR) is 119 cm³/mol. The Morgan fingerprint density at radius 2 is 1.76 bits per heavy atom. The van der Waals surface area contributed by atoms with Gasteiger partial charge in [-0.2, -0.15) is 0 Å². The molecule has 1 fully saturated rings. The Labute approximate surface area is 178 Å². The molecule has 5 rings (SSSR count). The van der Waals surface area contributed by atoms with Crippen LogP contribution in [0.5, 0.6) is 11.5 Å². The van der Waals surface area contributed by atoms with Crippen molar-refractivity contribution >= 4 is 17.3 Å². The third kappa shape index (κ3) is 3.16. The van der Waals surface area contributed by atoms with E-state index in [0.717, 1.165) is 35.1 Å². The largest absolute Gasteiger partial charge is 0.454 e. The van der Waals surface area contributed by atoms with Crippen LogP contribution in [0.2, 0.25) is 0 Å². The fourth-order valence-electron chi connectivity index (χ4n) is 5.12. The Balaban J connectivity index is 1.51. The van der Waals surface area contributed by atoms with E-state index in [1.165, 1.54) is 16.7 Å². The average molecular weight is 409 g/mol. The van der Waals surface area contributed by atoms with Crippen molar-refractivity contribution in [1.29, 1.82) is 0 Å². The van der Waals surface area contributed by atoms with E-state index in [2.05, 4.69) is 68.2 Å². The average Bonchev–Trinajstić information content (AvgIpc) is 3.18. The van der Waals surface area contributed by atoms with Crippen molar-refractivity contribution < 1.29 is 9.47 Å². The lowest BCUT2D eigenvalue weighted by Gasteiger charge is -2.41. The molecule has 0 amide bonds. The van der Waals surface area contributed by atoms with E-state index in [0.29, 0.717) is 24.7 Å². The van der Waals surface area contributed by atoms with Crippen molar-refractivity contribution in [2.24, 2.45) is 5.92 Å². The molecular formula is C24H28N2O2S. The Kier molecular flexibility index (Phi) is 4.28. The molecule has 3 aliphatic rings. The molecule has 0 saturated carbocycles. The smallest absolute Gasteiger partial charge is 0.231 e. The van der Waals surface area contributed by atoms with E-state index in [4.69, 9.17) is 21.7 Å². The number of ether oxygens (including phenoxy) is 2. The van der Waals surface area contributed by atoms with E-state index in [-0.39, 0.29) is 5.54 Å². The molecule has 3 atom stereocenters. The van der Waals surface area contributed by atoms with Gasteiger partial charge in [-0.15, -0.1) is 0 Å². The zero-order valence-corrected chi connectivity index (χ0v) is 18.3. The fraction of sp³-hybridized carbons (Fsp3) is 0.458. The normalized spacial score (nSPS) is 24.4. The lowest BCUT2D eigenvalue weighted by atomic mass is 9.86. The summed E-state index contributed by atoms with van der Waals surface area (Å²) in [6.07, 6.45) is 1.15. The second-order valence-electron chi connectivity index (χ2n) is 9.48. The fourth-order valence-corrected chi connectivity index (χ4v) is 5.63. The standard InChI is InChI=1S/C24H28N2O2S/c1-14-17-9-10-26(23(29)25-24(2,3)4)22(14)19-11-15(5-7-18(17)19)16-6-8-20-21(12-16)28-13-27-20/h5-8,11-12,14,17,22H,9-10,13H2,1-4H3,(H,25,29). The molecule has 4 nitrogen and oxygen atoms in total. The molecule has 2 aromatic rings. The summed E-state index contributed by atoms with van der Waals surface area (Å²) in [6.45, 7) is 10.2. The van der Waals surface area contributed by atoms with Crippen LogP contribution in [0.4, 0.5) is 0 Å². The lowest BCUT2D eigenvalue weighted by molar-refractivity contribution is 0.174. The Hall–Kier alpha value is -2.27. The Morgan fingerprint density at radius 3 is 2.55 bits per heavy atom. The minimum atomic E-state index is -0.0348. The summed E-state index contributed by atoms with van der Waals surface area (Å²) in [5.41, 5.74) is 5.26. The number of hydrogen-bond acceptors (Lipinski definition) is 3. The quantitative estimate of drug-likeness (QED) is 0.653. The first-order chi connectivity index (χ1) is 13.8. The maximum atomic E-state index is 5.83. The van der Waals surface area contributed by atoms with Crippen LogP contribution in [-0.2, 0) is 0 Å². The molecule has 152 valence electrons. The molecule has 2 bridgehead atoms. The van der Waals surface area contributed by atoms with Crippen LogP contribution in [0.3, 0.4) is 0 Å². The second kappa shape index (κ2) is 6.63. The van der Waals surface area contributed by atoms with Crippen LogP contribution in [-0.4, -0.2) is 28.9 Å². The number of nitrogens with one attached hydrogen (secondary N) is 1. The van der Waals surface area contributed by atoms with Gasteiger partial charge in [0, 0.05) is 12.1 Å². The number of fused-ring (bicyclic) bond motifs is 6. The lowest BCUT2D eigenvalue weighted by Crippen LogP contribution is -2.51. The van der Waals surface area contributed by atoms with Crippen molar-refractivity contribution in [2.75, 3.05) is 13.3 Å². The maximum Gasteiger partial charge on any atom is 0.231 e. The summed E-state index contributed by atoms with van der Waals surface area (Å²) in [4.78, 5) is 2.41. The Bertz CT molecular complexity index is 981. The summed E-state index contributed by atoms with van der Waals surface area (Å²) < 4.78 is 11.0. The number of rotatable bonds is 1. The molecule has 2 heterocycles. The van der Waals surface area contributed by atoms with Crippen molar-refractivity contribution in [3.8, 4) is 22.6 Å². The van der Waals surface area contributed by atoms with Crippen LogP contribution < -0.4 is 14.8 Å². The van der Waals surface area contributed by atoms with Gasteiger partial charge in [0.1, 0.15) is 0 Å². The highest BCUT2D eigenvalue weighted by atomic mass is 32.1. The van der Waals surface area contributed by atoms with Crippen molar-refractivity contribution in [3.05, 3.63) is 47.5 Å². The van der Waals surface area contributed by atoms with Gasteiger partial charge in [0.25, 0.3) is 0 Å². The molecule has 2 aliphatic heterocycles. The number of benzene rings is 2. The van der Waals surface area contributed by atoms with Crippen molar-refractivity contribution in [3.63, 3.8) is 0 Å². The number of likely N-dealkylation sites (tertiary alicyclic amines) is 1. The van der Waals surface area contributed by atoms with Crippen molar-refractivity contribution in [1.82, 2.24) is 10.2 Å². The van der Waals surface area contributed by atoms with Crippen LogP contribution in [0, 0.1) is 5.92 Å². The zero-order valence-electron chi connectivity index (χ0n) is 17.5. The summed E-state index contributed by atoms with van der Waals surface area (Å²) in [5.74, 6) is 2.83. The molecule has 0 spiro atoms. The van der Waals surface area contributed by atoms with Gasteiger partial charge in [-0.05, 0) is 91.7 Å². The minimum Gasteiger partial charge on any atom is -0.454 e. The zero-order chi connectivity index (χ0) is 20.3. The van der Waals surface area contributed by atoms with Gasteiger partial charge in [0.05, 0.1) is 6.04 Å². The van der Waals surface area contributed by atoms with Gasteiger partial charge in [0.15, 0.2) is 16.6 Å². The van der Waals surface area contributed by atoms with E-state index in [1.807, 2.05) is 6.07 Å². The number of piperidine rings is 1. The SMILES string of the molecule is CC1C2CCN(C(=S)NC(C)(C)C)C1c1cc(-c3ccc4c(c3)OCO4)ccc12. The summed E-state index contributed by atoms with van der Waals surface area (Å²) in [5, 5.41) is 4.39. The molecule has 1 N–H and O–H groups in total. The molecule has 3 unspecified atom stereocenters. The monoisotopic (exact) mass is 408 g/mol. The Morgan fingerprint density at radius 1 is 1.03 bits per heavy atom. The predicted octanol–water partition coefficient (Wildman–Crippen LogP) is 5.24. The molecular weight excluding hydrogens is 380 g/mol. The maximum absolute atomic E-state index is 5.83. The first-order valence-corrected chi connectivity index (χ1v) is 10.9. The summed E-state index contributed by atoms with van der Waals surface area (Å²) >= 11 is 5.83. The van der Waals surface area contributed by atoms with Crippen LogP contribution in [0.15, 0.2) is 36.4 Å². The first kappa shape index (κ1) is 18.7. The third-order valence-electron chi connectivity index (χ3n) is 6.40. The van der Waals surface area contributed by atoms with E-state index in [9.17, 15) is 0 Å². The van der Waals surface area contributed by atoms with Gasteiger partial charge < -0.3 is 19.7 Å². The molecule has 2 aromatic carbocycles. The van der Waals surface area contributed by atoms with Gasteiger partial charge in [-0.25, -0.2) is 0 Å². The third-order valence-corrected chi connectivity index (χ3v) is 6.74.